The fraction of sp³-hybridized carbons (Fsp3) is 0.778. The molecule has 24 heavy (non-hydrogen) atoms. The van der Waals surface area contributed by atoms with Crippen molar-refractivity contribution in [2.24, 2.45) is 18.0 Å². The summed E-state index contributed by atoms with van der Waals surface area (Å²) in [4.78, 5) is 4.74. The molecule has 0 aliphatic carbocycles. The van der Waals surface area contributed by atoms with Gasteiger partial charge in [0.15, 0.2) is 5.96 Å². The number of rotatable bonds is 8. The van der Waals surface area contributed by atoms with E-state index < -0.39 is 0 Å². The van der Waals surface area contributed by atoms with Crippen molar-refractivity contribution in [2.45, 2.75) is 73.4 Å². The average Bonchev–Trinajstić information content (AvgIpc) is 2.69. The van der Waals surface area contributed by atoms with Crippen molar-refractivity contribution in [1.29, 1.82) is 0 Å². The van der Waals surface area contributed by atoms with Crippen LogP contribution in [0.25, 0.3) is 0 Å². The molecule has 0 spiro atoms. The third-order valence-electron chi connectivity index (χ3n) is 4.20. The molecule has 1 unspecified atom stereocenters. The first-order valence-corrected chi connectivity index (χ1v) is 8.89. The summed E-state index contributed by atoms with van der Waals surface area (Å²) in [7, 11) is 1.98. The van der Waals surface area contributed by atoms with E-state index in [0.717, 1.165) is 24.1 Å². The molecule has 0 saturated heterocycles. The fourth-order valence-corrected chi connectivity index (χ4v) is 2.66. The van der Waals surface area contributed by atoms with Crippen molar-refractivity contribution >= 4 is 29.9 Å². The van der Waals surface area contributed by atoms with E-state index in [1.807, 2.05) is 18.7 Å². The fourth-order valence-electron chi connectivity index (χ4n) is 2.66. The van der Waals surface area contributed by atoms with E-state index in [0.29, 0.717) is 12.6 Å². The van der Waals surface area contributed by atoms with Crippen molar-refractivity contribution < 1.29 is 0 Å². The standard InChI is InChI=1S/C18H35N5.HI/c1-8-19-18(21-14(4)11-9-10-13(2)3)20-12-17-15(5)22-23(7)16(17)6;/h13-14H,8-12H2,1-7H3,(H2,19,20,21);1H. The predicted octanol–water partition coefficient (Wildman–Crippen LogP) is 3.92. The molecule has 0 aromatic carbocycles. The summed E-state index contributed by atoms with van der Waals surface area (Å²) in [5.74, 6) is 1.67. The van der Waals surface area contributed by atoms with E-state index >= 15 is 0 Å². The van der Waals surface area contributed by atoms with Gasteiger partial charge in [-0.05, 0) is 40.0 Å². The monoisotopic (exact) mass is 449 g/mol. The molecule has 1 atom stereocenters. The van der Waals surface area contributed by atoms with Gasteiger partial charge in [-0.1, -0.05) is 26.7 Å². The minimum Gasteiger partial charge on any atom is -0.357 e. The van der Waals surface area contributed by atoms with Crippen LogP contribution in [0.3, 0.4) is 0 Å². The number of halogens is 1. The Morgan fingerprint density at radius 1 is 1.21 bits per heavy atom. The number of aryl methyl sites for hydroxylation is 2. The smallest absolute Gasteiger partial charge is 0.191 e. The first-order valence-electron chi connectivity index (χ1n) is 8.89. The number of aromatic nitrogens is 2. The summed E-state index contributed by atoms with van der Waals surface area (Å²) < 4.78 is 1.93. The van der Waals surface area contributed by atoms with Crippen LogP contribution in [0.1, 0.15) is 63.9 Å². The highest BCUT2D eigenvalue weighted by Crippen LogP contribution is 2.13. The van der Waals surface area contributed by atoms with Gasteiger partial charge in [-0.15, -0.1) is 24.0 Å². The van der Waals surface area contributed by atoms with Crippen LogP contribution in [0.4, 0.5) is 0 Å². The number of nitrogens with zero attached hydrogens (tertiary/aromatic N) is 3. The normalized spacial score (nSPS) is 12.9. The Morgan fingerprint density at radius 3 is 2.38 bits per heavy atom. The summed E-state index contributed by atoms with van der Waals surface area (Å²) in [6, 6.07) is 0.433. The van der Waals surface area contributed by atoms with Crippen LogP contribution in [0.5, 0.6) is 0 Å². The van der Waals surface area contributed by atoms with Gasteiger partial charge in [-0.25, -0.2) is 4.99 Å². The lowest BCUT2D eigenvalue weighted by molar-refractivity contribution is 0.491. The lowest BCUT2D eigenvalue weighted by Crippen LogP contribution is -2.42. The highest BCUT2D eigenvalue weighted by Gasteiger charge is 2.10. The Balaban J connectivity index is 0.00000529. The number of hydrogen-bond acceptors (Lipinski definition) is 2. The topological polar surface area (TPSA) is 54.2 Å². The molecule has 0 aliphatic rings. The zero-order valence-electron chi connectivity index (χ0n) is 16.4. The Labute approximate surface area is 165 Å². The predicted molar refractivity (Wildman–Crippen MR) is 114 cm³/mol. The van der Waals surface area contributed by atoms with Gasteiger partial charge in [0, 0.05) is 30.9 Å². The van der Waals surface area contributed by atoms with E-state index in [9.17, 15) is 0 Å². The Kier molecular flexibility index (Phi) is 11.3. The van der Waals surface area contributed by atoms with Crippen LogP contribution in [0.2, 0.25) is 0 Å². The zero-order chi connectivity index (χ0) is 17.4. The molecule has 1 aromatic rings. The molecule has 1 aromatic heterocycles. The van der Waals surface area contributed by atoms with Crippen LogP contribution >= 0.6 is 24.0 Å². The van der Waals surface area contributed by atoms with Crippen molar-refractivity contribution in [3.8, 4) is 0 Å². The lowest BCUT2D eigenvalue weighted by atomic mass is 10.0. The van der Waals surface area contributed by atoms with Crippen molar-refractivity contribution in [3.63, 3.8) is 0 Å². The van der Waals surface area contributed by atoms with Crippen molar-refractivity contribution in [3.05, 3.63) is 17.0 Å². The second-order valence-corrected chi connectivity index (χ2v) is 6.84. The van der Waals surface area contributed by atoms with Crippen LogP contribution in [0, 0.1) is 19.8 Å². The van der Waals surface area contributed by atoms with Crippen LogP contribution in [-0.2, 0) is 13.6 Å². The van der Waals surface area contributed by atoms with Gasteiger partial charge in [0.25, 0.3) is 0 Å². The van der Waals surface area contributed by atoms with Gasteiger partial charge in [0.2, 0.25) is 0 Å². The van der Waals surface area contributed by atoms with Gasteiger partial charge in [-0.3, -0.25) is 4.68 Å². The number of guanidine groups is 1. The average molecular weight is 449 g/mol. The van der Waals surface area contributed by atoms with E-state index in [4.69, 9.17) is 4.99 Å². The summed E-state index contributed by atoms with van der Waals surface area (Å²) in [5, 5.41) is 11.3. The molecule has 2 N–H and O–H groups in total. The molecule has 140 valence electrons. The summed E-state index contributed by atoms with van der Waals surface area (Å²) in [6.07, 6.45) is 3.72. The molecule has 0 saturated carbocycles. The largest absolute Gasteiger partial charge is 0.357 e. The van der Waals surface area contributed by atoms with Crippen LogP contribution < -0.4 is 10.6 Å². The minimum absolute atomic E-state index is 0. The van der Waals surface area contributed by atoms with E-state index in [1.165, 1.54) is 30.5 Å². The quantitative estimate of drug-likeness (QED) is 0.359. The zero-order valence-corrected chi connectivity index (χ0v) is 18.8. The van der Waals surface area contributed by atoms with Gasteiger partial charge in [-0.2, -0.15) is 5.10 Å². The van der Waals surface area contributed by atoms with Gasteiger partial charge >= 0.3 is 0 Å². The Morgan fingerprint density at radius 2 is 1.88 bits per heavy atom. The first-order chi connectivity index (χ1) is 10.8. The summed E-state index contributed by atoms with van der Waals surface area (Å²) in [6.45, 7) is 14.6. The van der Waals surface area contributed by atoms with Gasteiger partial charge in [0.1, 0.15) is 0 Å². The third-order valence-corrected chi connectivity index (χ3v) is 4.20. The van der Waals surface area contributed by atoms with Crippen molar-refractivity contribution in [2.75, 3.05) is 6.54 Å². The van der Waals surface area contributed by atoms with Gasteiger partial charge < -0.3 is 10.6 Å². The minimum atomic E-state index is 0. The third kappa shape index (κ3) is 7.85. The second kappa shape index (κ2) is 11.7. The van der Waals surface area contributed by atoms with Crippen LogP contribution in [-0.4, -0.2) is 28.3 Å². The molecule has 0 bridgehead atoms. The van der Waals surface area contributed by atoms with E-state index in [1.54, 1.807) is 0 Å². The van der Waals surface area contributed by atoms with Gasteiger partial charge in [0.05, 0.1) is 12.2 Å². The molecule has 1 heterocycles. The molecule has 1 rings (SSSR count). The second-order valence-electron chi connectivity index (χ2n) is 6.84. The van der Waals surface area contributed by atoms with E-state index in [-0.39, 0.29) is 24.0 Å². The van der Waals surface area contributed by atoms with Crippen LogP contribution in [0.15, 0.2) is 4.99 Å². The molecule has 0 amide bonds. The van der Waals surface area contributed by atoms with Crippen molar-refractivity contribution in [1.82, 2.24) is 20.4 Å². The maximum absolute atomic E-state index is 4.74. The molecular formula is C18H36IN5. The lowest BCUT2D eigenvalue weighted by Gasteiger charge is -2.18. The molecule has 6 heteroatoms. The summed E-state index contributed by atoms with van der Waals surface area (Å²) in [5.41, 5.74) is 3.47. The number of hydrogen-bond donors (Lipinski definition) is 2. The molecule has 0 fully saturated rings. The first kappa shape index (κ1) is 23.2. The molecule has 0 aliphatic heterocycles. The van der Waals surface area contributed by atoms with E-state index in [2.05, 4.69) is 50.4 Å². The maximum Gasteiger partial charge on any atom is 0.191 e. The molecular weight excluding hydrogens is 413 g/mol. The number of aliphatic imine (C=N–C) groups is 1. The number of nitrogens with one attached hydrogen (secondary N) is 2. The molecule has 0 radical (unpaired) electrons. The highest BCUT2D eigenvalue weighted by atomic mass is 127. The Hall–Kier alpha value is -0.790. The molecule has 5 nitrogen and oxygen atoms in total. The maximum atomic E-state index is 4.74. The summed E-state index contributed by atoms with van der Waals surface area (Å²) >= 11 is 0. The SMILES string of the molecule is CCNC(=NCc1c(C)nn(C)c1C)NC(C)CCCC(C)C.I. The highest BCUT2D eigenvalue weighted by molar-refractivity contribution is 14.0. The Bertz CT molecular complexity index is 508.